The van der Waals surface area contributed by atoms with Crippen molar-refractivity contribution in [2.24, 2.45) is 34.5 Å². The molecular weight excluding hydrogens is 284 g/mol. The highest BCUT2D eigenvalue weighted by atomic mass is 16.5. The molecular formula is C21H34O2. The van der Waals surface area contributed by atoms with Crippen LogP contribution in [0, 0.1) is 34.5 Å². The first-order chi connectivity index (χ1) is 11.0. The number of hydrogen-bond acceptors (Lipinski definition) is 2. The first kappa shape index (κ1) is 15.2. The van der Waals surface area contributed by atoms with E-state index < -0.39 is 0 Å². The van der Waals surface area contributed by atoms with Crippen molar-refractivity contribution < 1.29 is 9.84 Å². The van der Waals surface area contributed by atoms with Crippen LogP contribution in [0.3, 0.4) is 0 Å². The van der Waals surface area contributed by atoms with Crippen LogP contribution >= 0.6 is 0 Å². The number of fused-ring (bicyclic) bond motifs is 6. The van der Waals surface area contributed by atoms with Crippen LogP contribution in [0.2, 0.25) is 0 Å². The summed E-state index contributed by atoms with van der Waals surface area (Å²) in [5.41, 5.74) is 1.24. The van der Waals surface area contributed by atoms with Gasteiger partial charge in [0, 0.05) is 6.42 Å². The number of aliphatic hydroxyl groups excluding tert-OH is 1. The van der Waals surface area contributed by atoms with E-state index in [-0.39, 0.29) is 11.7 Å². The highest BCUT2D eigenvalue weighted by Crippen LogP contribution is 2.70. The molecule has 5 rings (SSSR count). The SMILES string of the molecule is C[C@]12CC[C@@H](O)C[C@@H]1CC[C@@H]1[C@@H]2CC[C@@]2(C)[C@H]1CC[C@@]21CCO1. The van der Waals surface area contributed by atoms with Crippen LogP contribution in [-0.4, -0.2) is 23.4 Å². The number of rotatable bonds is 0. The zero-order chi connectivity index (χ0) is 15.9. The Morgan fingerprint density at radius 2 is 1.65 bits per heavy atom. The lowest BCUT2D eigenvalue weighted by molar-refractivity contribution is -0.232. The van der Waals surface area contributed by atoms with E-state index >= 15 is 0 Å². The molecule has 1 saturated heterocycles. The molecule has 0 unspecified atom stereocenters. The molecule has 1 spiro atoms. The fourth-order valence-corrected chi connectivity index (χ4v) is 8.32. The van der Waals surface area contributed by atoms with Crippen molar-refractivity contribution in [1.82, 2.24) is 0 Å². The van der Waals surface area contributed by atoms with Gasteiger partial charge in [0.2, 0.25) is 0 Å². The molecule has 5 aliphatic rings. The lowest BCUT2D eigenvalue weighted by atomic mass is 9.44. The summed E-state index contributed by atoms with van der Waals surface area (Å²) in [6.45, 7) is 6.18. The smallest absolute Gasteiger partial charge is 0.0760 e. The summed E-state index contributed by atoms with van der Waals surface area (Å²) >= 11 is 0. The second-order valence-corrected chi connectivity index (χ2v) is 10.2. The number of hydrogen-bond donors (Lipinski definition) is 1. The Labute approximate surface area is 141 Å². The largest absolute Gasteiger partial charge is 0.393 e. The molecule has 130 valence electrons. The average molecular weight is 319 g/mol. The van der Waals surface area contributed by atoms with Crippen LogP contribution in [0.1, 0.15) is 78.1 Å². The molecule has 1 heterocycles. The third kappa shape index (κ3) is 1.78. The molecule has 4 aliphatic carbocycles. The fourth-order valence-electron chi connectivity index (χ4n) is 8.32. The maximum absolute atomic E-state index is 10.1. The van der Waals surface area contributed by atoms with Gasteiger partial charge in [-0.25, -0.2) is 0 Å². The van der Waals surface area contributed by atoms with E-state index in [0.29, 0.717) is 10.8 Å². The van der Waals surface area contributed by atoms with Crippen LogP contribution in [0.4, 0.5) is 0 Å². The number of ether oxygens (including phenoxy) is 1. The maximum atomic E-state index is 10.1. The summed E-state index contributed by atoms with van der Waals surface area (Å²) in [6.07, 6.45) is 13.1. The Kier molecular flexibility index (Phi) is 3.14. The minimum Gasteiger partial charge on any atom is -0.393 e. The molecule has 1 N–H and O–H groups in total. The molecule has 0 aromatic carbocycles. The van der Waals surface area contributed by atoms with Crippen LogP contribution in [-0.2, 0) is 4.74 Å². The molecule has 8 atom stereocenters. The van der Waals surface area contributed by atoms with Gasteiger partial charge in [-0.2, -0.15) is 0 Å². The van der Waals surface area contributed by atoms with Crippen molar-refractivity contribution in [2.75, 3.05) is 6.61 Å². The standard InChI is InChI=1S/C21H34O2/c1-19-8-5-15(22)13-14(19)3-4-16-17(19)6-9-20(2)18(16)7-10-21(20)11-12-23-21/h14-18,22H,3-13H2,1-2H3/t14-,15+,16+,17-,18-,19-,20-,21+/m0/s1. The van der Waals surface area contributed by atoms with E-state index in [1.165, 1.54) is 51.4 Å². The molecule has 23 heavy (non-hydrogen) atoms. The van der Waals surface area contributed by atoms with E-state index in [0.717, 1.165) is 43.1 Å². The molecule has 0 radical (unpaired) electrons. The zero-order valence-corrected chi connectivity index (χ0v) is 15.0. The Morgan fingerprint density at radius 1 is 0.870 bits per heavy atom. The molecule has 0 aromatic rings. The molecule has 0 bridgehead atoms. The van der Waals surface area contributed by atoms with Crippen molar-refractivity contribution >= 4 is 0 Å². The van der Waals surface area contributed by atoms with E-state index in [1.54, 1.807) is 0 Å². The fraction of sp³-hybridized carbons (Fsp3) is 1.00. The van der Waals surface area contributed by atoms with Crippen LogP contribution < -0.4 is 0 Å². The monoisotopic (exact) mass is 318 g/mol. The van der Waals surface area contributed by atoms with Gasteiger partial charge in [-0.1, -0.05) is 13.8 Å². The number of aliphatic hydroxyl groups is 1. The normalized spacial score (nSPS) is 61.4. The highest BCUT2D eigenvalue weighted by molar-refractivity contribution is 5.16. The second kappa shape index (κ2) is 4.75. The first-order valence-corrected chi connectivity index (χ1v) is 10.3. The van der Waals surface area contributed by atoms with Gasteiger partial charge >= 0.3 is 0 Å². The topological polar surface area (TPSA) is 29.5 Å². The van der Waals surface area contributed by atoms with Crippen LogP contribution in [0.25, 0.3) is 0 Å². The molecule has 2 nitrogen and oxygen atoms in total. The molecule has 1 aliphatic heterocycles. The lowest BCUT2D eigenvalue weighted by Crippen LogP contribution is -2.60. The van der Waals surface area contributed by atoms with Crippen LogP contribution in [0.5, 0.6) is 0 Å². The van der Waals surface area contributed by atoms with Gasteiger partial charge in [0.1, 0.15) is 0 Å². The molecule has 0 aromatic heterocycles. The van der Waals surface area contributed by atoms with Gasteiger partial charge in [-0.3, -0.25) is 0 Å². The Balaban J connectivity index is 1.45. The summed E-state index contributed by atoms with van der Waals surface area (Å²) in [5.74, 6) is 3.55. The van der Waals surface area contributed by atoms with E-state index in [4.69, 9.17) is 4.74 Å². The van der Waals surface area contributed by atoms with E-state index in [1.807, 2.05) is 0 Å². The third-order valence-electron chi connectivity index (χ3n) is 9.81. The predicted octanol–water partition coefficient (Wildman–Crippen LogP) is 4.55. The molecule has 2 heteroatoms. The summed E-state index contributed by atoms with van der Waals surface area (Å²) < 4.78 is 6.24. The van der Waals surface area contributed by atoms with E-state index in [9.17, 15) is 5.11 Å². The van der Waals surface area contributed by atoms with Gasteiger partial charge in [0.05, 0.1) is 18.3 Å². The molecule has 4 saturated carbocycles. The van der Waals surface area contributed by atoms with Crippen molar-refractivity contribution in [3.8, 4) is 0 Å². The van der Waals surface area contributed by atoms with E-state index in [2.05, 4.69) is 13.8 Å². The summed E-state index contributed by atoms with van der Waals surface area (Å²) in [7, 11) is 0. The minimum absolute atomic E-state index is 0.0170. The Bertz CT molecular complexity index is 498. The summed E-state index contributed by atoms with van der Waals surface area (Å²) in [6, 6.07) is 0. The average Bonchev–Trinajstić information content (AvgIpc) is 2.81. The zero-order valence-electron chi connectivity index (χ0n) is 15.0. The quantitative estimate of drug-likeness (QED) is 0.710. The Morgan fingerprint density at radius 3 is 2.39 bits per heavy atom. The van der Waals surface area contributed by atoms with Gasteiger partial charge in [-0.15, -0.1) is 0 Å². The minimum atomic E-state index is -0.0170. The van der Waals surface area contributed by atoms with Crippen molar-refractivity contribution in [3.05, 3.63) is 0 Å². The second-order valence-electron chi connectivity index (χ2n) is 10.2. The Hall–Kier alpha value is -0.0800. The van der Waals surface area contributed by atoms with Gasteiger partial charge in [-0.05, 0) is 92.3 Å². The highest BCUT2D eigenvalue weighted by Gasteiger charge is 2.66. The lowest BCUT2D eigenvalue weighted by Gasteiger charge is -2.63. The summed E-state index contributed by atoms with van der Waals surface area (Å²) in [5, 5.41) is 10.1. The molecule has 0 amide bonds. The predicted molar refractivity (Wildman–Crippen MR) is 91.0 cm³/mol. The van der Waals surface area contributed by atoms with Gasteiger partial charge in [0.25, 0.3) is 0 Å². The molecule has 5 fully saturated rings. The van der Waals surface area contributed by atoms with Crippen molar-refractivity contribution in [3.63, 3.8) is 0 Å². The van der Waals surface area contributed by atoms with Crippen molar-refractivity contribution in [2.45, 2.75) is 89.8 Å². The van der Waals surface area contributed by atoms with Gasteiger partial charge in [0.15, 0.2) is 0 Å². The van der Waals surface area contributed by atoms with Crippen molar-refractivity contribution in [1.29, 1.82) is 0 Å². The first-order valence-electron chi connectivity index (χ1n) is 10.3. The third-order valence-corrected chi connectivity index (χ3v) is 9.81. The maximum Gasteiger partial charge on any atom is 0.0760 e. The van der Waals surface area contributed by atoms with Gasteiger partial charge < -0.3 is 9.84 Å². The van der Waals surface area contributed by atoms with Crippen LogP contribution in [0.15, 0.2) is 0 Å². The summed E-state index contributed by atoms with van der Waals surface area (Å²) in [4.78, 5) is 0.